The van der Waals surface area contributed by atoms with Crippen molar-refractivity contribution in [3.63, 3.8) is 0 Å². The Morgan fingerprint density at radius 2 is 2.07 bits per heavy atom. The van der Waals surface area contributed by atoms with Crippen LogP contribution < -0.4 is 10.6 Å². The molecular weight excluding hydrogens is 202 g/mol. The molecule has 1 aromatic rings. The van der Waals surface area contributed by atoms with Gasteiger partial charge in [0.05, 0.1) is 18.0 Å². The summed E-state index contributed by atoms with van der Waals surface area (Å²) < 4.78 is 26.4. The van der Waals surface area contributed by atoms with Crippen LogP contribution in [-0.4, -0.2) is 24.8 Å². The average Bonchev–Trinajstić information content (AvgIpc) is 2.22. The van der Waals surface area contributed by atoms with Gasteiger partial charge in [-0.15, -0.1) is 0 Å². The third-order valence-electron chi connectivity index (χ3n) is 2.17. The summed E-state index contributed by atoms with van der Waals surface area (Å²) in [6, 6.07) is 2.30. The normalized spacial score (nSPS) is 10.4. The Bertz CT molecular complexity index is 344. The quantitative estimate of drug-likeness (QED) is 0.747. The highest BCUT2D eigenvalue weighted by atomic mass is 19.2. The SMILES string of the molecule is CCN(CCO)c1c(N)ccc(F)c1F. The fourth-order valence-corrected chi connectivity index (χ4v) is 1.43. The zero-order valence-corrected chi connectivity index (χ0v) is 8.50. The van der Waals surface area contributed by atoms with Gasteiger partial charge in [-0.05, 0) is 19.1 Å². The molecule has 0 spiro atoms. The molecule has 0 aliphatic heterocycles. The van der Waals surface area contributed by atoms with Crippen molar-refractivity contribution in [2.75, 3.05) is 30.3 Å². The Labute approximate surface area is 87.1 Å². The number of benzene rings is 1. The summed E-state index contributed by atoms with van der Waals surface area (Å²) >= 11 is 0. The van der Waals surface area contributed by atoms with Crippen molar-refractivity contribution in [2.24, 2.45) is 0 Å². The van der Waals surface area contributed by atoms with E-state index in [0.717, 1.165) is 6.07 Å². The summed E-state index contributed by atoms with van der Waals surface area (Å²) in [5.41, 5.74) is 5.76. The van der Waals surface area contributed by atoms with Crippen molar-refractivity contribution in [2.45, 2.75) is 6.92 Å². The van der Waals surface area contributed by atoms with Crippen molar-refractivity contribution >= 4 is 11.4 Å². The number of anilines is 2. The number of hydrogen-bond acceptors (Lipinski definition) is 3. The third kappa shape index (κ3) is 2.36. The lowest BCUT2D eigenvalue weighted by molar-refractivity contribution is 0.302. The number of hydrogen-bond donors (Lipinski definition) is 2. The van der Waals surface area contributed by atoms with Crippen LogP contribution in [0.25, 0.3) is 0 Å². The van der Waals surface area contributed by atoms with Crippen LogP contribution in [0.5, 0.6) is 0 Å². The number of nitrogens with two attached hydrogens (primary N) is 1. The molecule has 0 heterocycles. The second-order valence-electron chi connectivity index (χ2n) is 3.10. The van der Waals surface area contributed by atoms with Crippen LogP contribution in [0.2, 0.25) is 0 Å². The maximum Gasteiger partial charge on any atom is 0.184 e. The van der Waals surface area contributed by atoms with Crippen LogP contribution in [0.1, 0.15) is 6.92 Å². The maximum atomic E-state index is 13.4. The number of rotatable bonds is 4. The van der Waals surface area contributed by atoms with E-state index in [1.165, 1.54) is 11.0 Å². The molecule has 0 atom stereocenters. The predicted octanol–water partition coefficient (Wildman–Crippen LogP) is 1.37. The second-order valence-corrected chi connectivity index (χ2v) is 3.10. The number of aliphatic hydroxyl groups excluding tert-OH is 1. The Balaban J connectivity index is 3.15. The molecule has 3 nitrogen and oxygen atoms in total. The van der Waals surface area contributed by atoms with E-state index >= 15 is 0 Å². The van der Waals surface area contributed by atoms with Gasteiger partial charge in [0.2, 0.25) is 0 Å². The van der Waals surface area contributed by atoms with Crippen LogP contribution in [0.4, 0.5) is 20.2 Å². The van der Waals surface area contributed by atoms with E-state index in [0.29, 0.717) is 6.54 Å². The number of likely N-dealkylation sites (N-methyl/N-ethyl adjacent to an activating group) is 1. The summed E-state index contributed by atoms with van der Waals surface area (Å²) in [4.78, 5) is 1.49. The van der Waals surface area contributed by atoms with E-state index in [9.17, 15) is 8.78 Å². The minimum atomic E-state index is -0.967. The lowest BCUT2D eigenvalue weighted by atomic mass is 10.2. The highest BCUT2D eigenvalue weighted by Gasteiger charge is 2.16. The summed E-state index contributed by atoms with van der Waals surface area (Å²) in [5.74, 6) is -1.90. The highest BCUT2D eigenvalue weighted by Crippen LogP contribution is 2.28. The van der Waals surface area contributed by atoms with E-state index in [4.69, 9.17) is 10.8 Å². The van der Waals surface area contributed by atoms with Crippen molar-refractivity contribution in [3.05, 3.63) is 23.8 Å². The maximum absolute atomic E-state index is 13.4. The molecule has 0 saturated carbocycles. The molecule has 5 heteroatoms. The van der Waals surface area contributed by atoms with Crippen molar-refractivity contribution < 1.29 is 13.9 Å². The van der Waals surface area contributed by atoms with Gasteiger partial charge in [-0.1, -0.05) is 0 Å². The predicted molar refractivity (Wildman–Crippen MR) is 55.7 cm³/mol. The molecule has 15 heavy (non-hydrogen) atoms. The minimum Gasteiger partial charge on any atom is -0.397 e. The van der Waals surface area contributed by atoms with E-state index in [-0.39, 0.29) is 24.5 Å². The topological polar surface area (TPSA) is 49.5 Å². The molecule has 1 rings (SSSR count). The van der Waals surface area contributed by atoms with Crippen LogP contribution >= 0.6 is 0 Å². The van der Waals surface area contributed by atoms with Gasteiger partial charge in [0.15, 0.2) is 11.6 Å². The van der Waals surface area contributed by atoms with Gasteiger partial charge in [0.1, 0.15) is 0 Å². The van der Waals surface area contributed by atoms with Gasteiger partial charge in [-0.2, -0.15) is 0 Å². The molecule has 0 aliphatic carbocycles. The number of halogens is 2. The Morgan fingerprint density at radius 3 is 2.60 bits per heavy atom. The largest absolute Gasteiger partial charge is 0.397 e. The summed E-state index contributed by atoms with van der Waals surface area (Å²) in [7, 11) is 0. The Morgan fingerprint density at radius 1 is 1.40 bits per heavy atom. The molecule has 0 amide bonds. The molecule has 0 aromatic heterocycles. The van der Waals surface area contributed by atoms with Gasteiger partial charge >= 0.3 is 0 Å². The van der Waals surface area contributed by atoms with E-state index < -0.39 is 11.6 Å². The van der Waals surface area contributed by atoms with Crippen LogP contribution in [-0.2, 0) is 0 Å². The Kier molecular flexibility index (Phi) is 3.85. The molecule has 1 aromatic carbocycles. The first kappa shape index (κ1) is 11.7. The number of nitrogen functional groups attached to an aromatic ring is 1. The van der Waals surface area contributed by atoms with E-state index in [2.05, 4.69) is 0 Å². The monoisotopic (exact) mass is 216 g/mol. The van der Waals surface area contributed by atoms with Gasteiger partial charge in [-0.3, -0.25) is 0 Å². The molecule has 0 aliphatic rings. The third-order valence-corrected chi connectivity index (χ3v) is 2.17. The standard InChI is InChI=1S/C10H14F2N2O/c1-2-14(5-6-15)10-8(13)4-3-7(11)9(10)12/h3-4,15H,2,5-6,13H2,1H3. The molecular formula is C10H14F2N2O. The second kappa shape index (κ2) is 4.93. The lowest BCUT2D eigenvalue weighted by Crippen LogP contribution is -2.28. The molecule has 84 valence electrons. The minimum absolute atomic E-state index is 0.0200. The van der Waals surface area contributed by atoms with Gasteiger partial charge < -0.3 is 15.7 Å². The van der Waals surface area contributed by atoms with Crippen molar-refractivity contribution in [1.82, 2.24) is 0 Å². The number of nitrogens with zero attached hydrogens (tertiary/aromatic N) is 1. The van der Waals surface area contributed by atoms with Crippen LogP contribution in [0.3, 0.4) is 0 Å². The molecule has 0 fully saturated rings. The lowest BCUT2D eigenvalue weighted by Gasteiger charge is -2.24. The fourth-order valence-electron chi connectivity index (χ4n) is 1.43. The summed E-state index contributed by atoms with van der Waals surface area (Å²) in [6.07, 6.45) is 0. The highest BCUT2D eigenvalue weighted by molar-refractivity contribution is 5.68. The van der Waals surface area contributed by atoms with Gasteiger partial charge in [0.25, 0.3) is 0 Å². The molecule has 0 saturated heterocycles. The first-order valence-electron chi connectivity index (χ1n) is 4.71. The Hall–Kier alpha value is -1.36. The molecule has 0 unspecified atom stereocenters. The van der Waals surface area contributed by atoms with E-state index in [1.807, 2.05) is 0 Å². The van der Waals surface area contributed by atoms with Gasteiger partial charge in [0, 0.05) is 13.1 Å². The zero-order chi connectivity index (χ0) is 11.4. The average molecular weight is 216 g/mol. The molecule has 0 bridgehead atoms. The smallest absolute Gasteiger partial charge is 0.184 e. The first-order valence-corrected chi connectivity index (χ1v) is 4.71. The zero-order valence-electron chi connectivity index (χ0n) is 8.50. The van der Waals surface area contributed by atoms with Crippen LogP contribution in [0, 0.1) is 11.6 Å². The molecule has 0 radical (unpaired) electrons. The molecule has 3 N–H and O–H groups in total. The summed E-state index contributed by atoms with van der Waals surface area (Å²) in [5, 5.41) is 8.78. The van der Waals surface area contributed by atoms with E-state index in [1.54, 1.807) is 6.92 Å². The van der Waals surface area contributed by atoms with Crippen LogP contribution in [0.15, 0.2) is 12.1 Å². The van der Waals surface area contributed by atoms with Crippen molar-refractivity contribution in [1.29, 1.82) is 0 Å². The summed E-state index contributed by atoms with van der Waals surface area (Å²) in [6.45, 7) is 2.31. The van der Waals surface area contributed by atoms with Crippen molar-refractivity contribution in [3.8, 4) is 0 Å². The van der Waals surface area contributed by atoms with Gasteiger partial charge in [-0.25, -0.2) is 8.78 Å². The fraction of sp³-hybridized carbons (Fsp3) is 0.400. The first-order chi connectivity index (χ1) is 7.11. The number of aliphatic hydroxyl groups is 1.